The lowest BCUT2D eigenvalue weighted by atomic mass is 9.98. The van der Waals surface area contributed by atoms with Gasteiger partial charge in [0.05, 0.1) is 0 Å². The van der Waals surface area contributed by atoms with Crippen molar-refractivity contribution < 1.29 is 23.3 Å². The zero-order valence-corrected chi connectivity index (χ0v) is 19.4. The van der Waals surface area contributed by atoms with E-state index in [1.54, 1.807) is 30.3 Å². The van der Waals surface area contributed by atoms with Crippen LogP contribution in [0.15, 0.2) is 77.1 Å². The Kier molecular flexibility index (Phi) is 7.01. The van der Waals surface area contributed by atoms with Gasteiger partial charge in [-0.3, -0.25) is 4.79 Å². The number of hydrogen-bond acceptors (Lipinski definition) is 5. The molecule has 0 aliphatic heterocycles. The van der Waals surface area contributed by atoms with Gasteiger partial charge in [0, 0.05) is 23.7 Å². The van der Waals surface area contributed by atoms with Crippen molar-refractivity contribution in [2.75, 3.05) is 14.2 Å². The maximum absolute atomic E-state index is 14.0. The first-order valence-electron chi connectivity index (χ1n) is 10.8. The van der Waals surface area contributed by atoms with Gasteiger partial charge in [0.25, 0.3) is 5.91 Å². The van der Waals surface area contributed by atoms with E-state index < -0.39 is 11.7 Å². The molecule has 6 nitrogen and oxygen atoms in total. The van der Waals surface area contributed by atoms with Gasteiger partial charge in [0.1, 0.15) is 31.1 Å². The lowest BCUT2D eigenvalue weighted by Gasteiger charge is -2.13. The minimum absolute atomic E-state index is 0.0373. The molecule has 0 radical (unpaired) electrons. The quantitative estimate of drug-likeness (QED) is 0.397. The topological polar surface area (TPSA) is 72.3 Å². The molecule has 0 heterocycles. The molecule has 0 fully saturated rings. The molecule has 3 aromatic carbocycles. The average molecular weight is 475 g/mol. The Labute approximate surface area is 201 Å². The number of nitrogens with zero attached hydrogens (tertiary/aromatic N) is 2. The highest BCUT2D eigenvalue weighted by Crippen LogP contribution is 2.34. The van der Waals surface area contributed by atoms with Crippen LogP contribution in [-0.4, -0.2) is 31.5 Å². The molecular formula is C27H23F2N3O3. The van der Waals surface area contributed by atoms with Gasteiger partial charge in [0.15, 0.2) is 5.71 Å². The molecule has 0 spiro atoms. The van der Waals surface area contributed by atoms with Crippen LogP contribution in [0, 0.1) is 18.6 Å². The Morgan fingerprint density at radius 3 is 2.46 bits per heavy atom. The number of halogens is 2. The Morgan fingerprint density at radius 1 is 1.00 bits per heavy atom. The van der Waals surface area contributed by atoms with Crippen molar-refractivity contribution >= 4 is 22.9 Å². The third kappa shape index (κ3) is 4.96. The third-order valence-corrected chi connectivity index (χ3v) is 5.65. The number of nitrogens with one attached hydrogen (secondary N) is 1. The lowest BCUT2D eigenvalue weighted by Crippen LogP contribution is -2.29. The Bertz CT molecular complexity index is 1360. The van der Waals surface area contributed by atoms with Crippen molar-refractivity contribution in [1.29, 1.82) is 0 Å². The third-order valence-electron chi connectivity index (χ3n) is 5.65. The van der Waals surface area contributed by atoms with Crippen LogP contribution in [-0.2, 0) is 21.1 Å². The Hall–Kier alpha value is -4.33. The molecule has 0 saturated carbocycles. The molecule has 0 unspecified atom stereocenters. The average Bonchev–Trinajstić information content (AvgIpc) is 3.21. The predicted octanol–water partition coefficient (Wildman–Crippen LogP) is 4.74. The van der Waals surface area contributed by atoms with Gasteiger partial charge in [-0.2, -0.15) is 0 Å². The first-order valence-corrected chi connectivity index (χ1v) is 10.8. The number of allylic oxidation sites excluding steroid dienone is 1. The van der Waals surface area contributed by atoms with Gasteiger partial charge in [-0.15, -0.1) is 0 Å². The Morgan fingerprint density at radius 2 is 1.74 bits per heavy atom. The molecule has 0 atom stereocenters. The summed E-state index contributed by atoms with van der Waals surface area (Å²) < 4.78 is 27.5. The van der Waals surface area contributed by atoms with E-state index in [2.05, 4.69) is 15.6 Å². The highest BCUT2D eigenvalue weighted by Gasteiger charge is 2.23. The number of oxime groups is 2. The van der Waals surface area contributed by atoms with E-state index in [0.717, 1.165) is 22.3 Å². The second-order valence-electron chi connectivity index (χ2n) is 7.81. The zero-order chi connectivity index (χ0) is 24.9. The van der Waals surface area contributed by atoms with Crippen LogP contribution in [0.3, 0.4) is 0 Å². The number of benzene rings is 3. The molecule has 1 aliphatic carbocycles. The Balaban J connectivity index is 1.67. The molecule has 1 aliphatic rings. The summed E-state index contributed by atoms with van der Waals surface area (Å²) in [5.74, 6) is -1.15. The number of rotatable bonds is 7. The highest BCUT2D eigenvalue weighted by molar-refractivity contribution is 6.45. The standard InChI is InChI=1S/C27H23F2N3O3/c1-16-5-4-6-21(26(32-34-3)27(33)30-2)24(16)15-35-31-25-14-22(17-7-9-18(28)10-8-17)20-12-11-19(29)13-23(20)25/h4-14H,15H2,1-3H3,(H,30,33)/b31-25+,32-26+. The minimum atomic E-state index is -0.405. The largest absolute Gasteiger partial charge is 0.398 e. The fourth-order valence-corrected chi connectivity index (χ4v) is 3.90. The van der Waals surface area contributed by atoms with Crippen LogP contribution >= 0.6 is 0 Å². The van der Waals surface area contributed by atoms with E-state index in [4.69, 9.17) is 9.68 Å². The second-order valence-corrected chi connectivity index (χ2v) is 7.81. The predicted molar refractivity (Wildman–Crippen MR) is 130 cm³/mol. The molecule has 178 valence electrons. The number of carbonyl (C=O) groups excluding carboxylic acids is 1. The number of carbonyl (C=O) groups is 1. The number of hydrogen-bond donors (Lipinski definition) is 1. The molecular weight excluding hydrogens is 452 g/mol. The van der Waals surface area contributed by atoms with Gasteiger partial charge in [-0.05, 0) is 59.5 Å². The van der Waals surface area contributed by atoms with E-state index in [9.17, 15) is 13.6 Å². The van der Waals surface area contributed by atoms with Crippen molar-refractivity contribution in [3.8, 4) is 0 Å². The summed E-state index contributed by atoms with van der Waals surface area (Å²) >= 11 is 0. The molecule has 1 N–H and O–H groups in total. The smallest absolute Gasteiger partial charge is 0.273 e. The van der Waals surface area contributed by atoms with Gasteiger partial charge >= 0.3 is 0 Å². The van der Waals surface area contributed by atoms with Crippen molar-refractivity contribution in [3.63, 3.8) is 0 Å². The molecule has 0 aromatic heterocycles. The van der Waals surface area contributed by atoms with Gasteiger partial charge in [-0.1, -0.05) is 46.7 Å². The van der Waals surface area contributed by atoms with Gasteiger partial charge < -0.3 is 15.0 Å². The number of amides is 1. The van der Waals surface area contributed by atoms with Crippen LogP contribution in [0.25, 0.3) is 5.57 Å². The highest BCUT2D eigenvalue weighted by atomic mass is 19.1. The van der Waals surface area contributed by atoms with E-state index >= 15 is 0 Å². The normalized spacial score (nSPS) is 13.9. The summed E-state index contributed by atoms with van der Waals surface area (Å²) in [5, 5.41) is 10.7. The van der Waals surface area contributed by atoms with E-state index in [-0.39, 0.29) is 18.1 Å². The molecule has 1 amide bonds. The maximum atomic E-state index is 14.0. The number of likely N-dealkylation sites (N-methyl/N-ethyl adjacent to an activating group) is 1. The number of aryl methyl sites for hydroxylation is 1. The van der Waals surface area contributed by atoms with Crippen LogP contribution < -0.4 is 5.32 Å². The maximum Gasteiger partial charge on any atom is 0.273 e. The van der Waals surface area contributed by atoms with Crippen molar-refractivity contribution in [1.82, 2.24) is 5.32 Å². The van der Waals surface area contributed by atoms with Crippen molar-refractivity contribution in [2.24, 2.45) is 10.3 Å². The summed E-state index contributed by atoms with van der Waals surface area (Å²) in [4.78, 5) is 22.9. The van der Waals surface area contributed by atoms with Gasteiger partial charge in [-0.25, -0.2) is 8.78 Å². The summed E-state index contributed by atoms with van der Waals surface area (Å²) in [6.45, 7) is 1.92. The first-order chi connectivity index (χ1) is 16.9. The number of fused-ring (bicyclic) bond motifs is 1. The van der Waals surface area contributed by atoms with Crippen LogP contribution in [0.5, 0.6) is 0 Å². The minimum Gasteiger partial charge on any atom is -0.398 e. The fraction of sp³-hybridized carbons (Fsp3) is 0.148. The van der Waals surface area contributed by atoms with Crippen molar-refractivity contribution in [3.05, 3.63) is 112 Å². The second kappa shape index (κ2) is 10.3. The molecule has 8 heteroatoms. The lowest BCUT2D eigenvalue weighted by molar-refractivity contribution is -0.114. The zero-order valence-electron chi connectivity index (χ0n) is 19.4. The molecule has 0 bridgehead atoms. The molecule has 3 aromatic rings. The van der Waals surface area contributed by atoms with Crippen molar-refractivity contribution in [2.45, 2.75) is 13.5 Å². The molecule has 35 heavy (non-hydrogen) atoms. The van der Waals surface area contributed by atoms with Crippen LogP contribution in [0.1, 0.15) is 33.4 Å². The molecule has 4 rings (SSSR count). The summed E-state index contributed by atoms with van der Waals surface area (Å²) in [6, 6.07) is 15.9. The molecule has 0 saturated heterocycles. The van der Waals surface area contributed by atoms with Crippen LogP contribution in [0.2, 0.25) is 0 Å². The SMILES string of the molecule is CNC(=O)/C(=N/OC)c1cccc(C)c1CO/N=C1\C=C(c2ccc(F)cc2)c2ccc(F)cc21. The van der Waals surface area contributed by atoms with Gasteiger partial charge in [0.2, 0.25) is 0 Å². The van der Waals surface area contributed by atoms with E-state index in [1.807, 2.05) is 19.1 Å². The monoisotopic (exact) mass is 475 g/mol. The summed E-state index contributed by atoms with van der Waals surface area (Å²) in [7, 11) is 2.87. The van der Waals surface area contributed by atoms with E-state index in [0.29, 0.717) is 22.4 Å². The van der Waals surface area contributed by atoms with E-state index in [1.165, 1.54) is 38.4 Å². The summed E-state index contributed by atoms with van der Waals surface area (Å²) in [5.41, 5.74) is 5.57. The summed E-state index contributed by atoms with van der Waals surface area (Å²) in [6.07, 6.45) is 1.78. The fourth-order valence-electron chi connectivity index (χ4n) is 3.90. The first kappa shape index (κ1) is 23.8. The van der Waals surface area contributed by atoms with Crippen LogP contribution in [0.4, 0.5) is 8.78 Å².